The molecule has 0 spiro atoms. The number of carbonyl (C=O) groups is 1. The smallest absolute Gasteiger partial charge is 0.320 e. The molecule has 1 heterocycles. The fourth-order valence-electron chi connectivity index (χ4n) is 1.72. The van der Waals surface area contributed by atoms with E-state index in [4.69, 9.17) is 10.2 Å². The molecule has 0 fully saturated rings. The molecule has 1 aromatic heterocycles. The van der Waals surface area contributed by atoms with E-state index in [1.165, 1.54) is 12.2 Å². The first-order valence-electron chi connectivity index (χ1n) is 7.85. The van der Waals surface area contributed by atoms with Crippen molar-refractivity contribution in [3.05, 3.63) is 47.7 Å². The highest BCUT2D eigenvalue weighted by molar-refractivity contribution is 5.75. The maximum Gasteiger partial charge on any atom is 0.320 e. The number of halogens is 1. The molecule has 132 valence electrons. The van der Waals surface area contributed by atoms with Crippen molar-refractivity contribution in [2.75, 3.05) is 6.54 Å². The lowest BCUT2D eigenvalue weighted by Crippen LogP contribution is -2.37. The van der Waals surface area contributed by atoms with Gasteiger partial charge in [0, 0.05) is 19.4 Å². The van der Waals surface area contributed by atoms with Crippen LogP contribution in [0.3, 0.4) is 0 Å². The van der Waals surface area contributed by atoms with Crippen LogP contribution in [0.1, 0.15) is 38.5 Å². The zero-order valence-corrected chi connectivity index (χ0v) is 14.0. The number of aromatic nitrogens is 2. The zero-order chi connectivity index (χ0) is 17.8. The molecule has 1 rings (SSSR count). The summed E-state index contributed by atoms with van der Waals surface area (Å²) in [6.45, 7) is 3.97. The van der Waals surface area contributed by atoms with Gasteiger partial charge in [-0.15, -0.1) is 10.2 Å². The summed E-state index contributed by atoms with van der Waals surface area (Å²) in [7, 11) is 0. The summed E-state index contributed by atoms with van der Waals surface area (Å²) in [4.78, 5) is 11.3. The standard InChI is InChI=1S/C16H24FN5O2/c1-3-12(17)8-6-5-7-9-14-21-22-15(24-14)11-10-13(18)20-16(23)19-4-2/h3,6,8,10H,4-5,7,9,11,18H2,1-2H3,(H2,19,20,23)/b8-6-,12-3+,13-10+. The first-order chi connectivity index (χ1) is 11.5. The van der Waals surface area contributed by atoms with Gasteiger partial charge < -0.3 is 15.5 Å². The third-order valence-electron chi connectivity index (χ3n) is 2.91. The highest BCUT2D eigenvalue weighted by Gasteiger charge is 2.05. The zero-order valence-electron chi connectivity index (χ0n) is 14.0. The Bertz CT molecular complexity index is 607. The fourth-order valence-corrected chi connectivity index (χ4v) is 1.72. The van der Waals surface area contributed by atoms with Crippen molar-refractivity contribution in [3.63, 3.8) is 0 Å². The van der Waals surface area contributed by atoms with Crippen molar-refractivity contribution in [3.8, 4) is 0 Å². The minimum absolute atomic E-state index is 0.219. The Labute approximate surface area is 140 Å². The Balaban J connectivity index is 2.35. The molecular formula is C16H24FN5O2. The van der Waals surface area contributed by atoms with Crippen LogP contribution in [-0.4, -0.2) is 22.8 Å². The lowest BCUT2D eigenvalue weighted by atomic mass is 10.2. The largest absolute Gasteiger partial charge is 0.425 e. The molecule has 24 heavy (non-hydrogen) atoms. The molecule has 8 heteroatoms. The highest BCUT2D eigenvalue weighted by atomic mass is 19.1. The molecular weight excluding hydrogens is 313 g/mol. The highest BCUT2D eigenvalue weighted by Crippen LogP contribution is 2.07. The Morgan fingerprint density at radius 2 is 2.12 bits per heavy atom. The van der Waals surface area contributed by atoms with Crippen LogP contribution in [0.25, 0.3) is 0 Å². The number of aryl methyl sites for hydroxylation is 1. The second-order valence-corrected chi connectivity index (χ2v) is 4.91. The van der Waals surface area contributed by atoms with Gasteiger partial charge in [-0.25, -0.2) is 9.18 Å². The van der Waals surface area contributed by atoms with Crippen LogP contribution >= 0.6 is 0 Å². The monoisotopic (exact) mass is 337 g/mol. The van der Waals surface area contributed by atoms with Gasteiger partial charge in [0.2, 0.25) is 11.8 Å². The van der Waals surface area contributed by atoms with Crippen molar-refractivity contribution < 1.29 is 13.6 Å². The lowest BCUT2D eigenvalue weighted by molar-refractivity contribution is 0.243. The van der Waals surface area contributed by atoms with E-state index in [1.807, 2.05) is 6.92 Å². The summed E-state index contributed by atoms with van der Waals surface area (Å²) in [6, 6.07) is -0.361. The van der Waals surface area contributed by atoms with Crippen LogP contribution < -0.4 is 16.4 Å². The lowest BCUT2D eigenvalue weighted by Gasteiger charge is -2.04. The topological polar surface area (TPSA) is 106 Å². The van der Waals surface area contributed by atoms with E-state index in [1.54, 1.807) is 19.1 Å². The maximum absolute atomic E-state index is 12.8. The van der Waals surface area contributed by atoms with Crippen molar-refractivity contribution in [2.45, 2.75) is 39.5 Å². The molecule has 0 aliphatic carbocycles. The van der Waals surface area contributed by atoms with Crippen molar-refractivity contribution in [2.24, 2.45) is 5.73 Å². The van der Waals surface area contributed by atoms with E-state index in [2.05, 4.69) is 20.8 Å². The van der Waals surface area contributed by atoms with Crippen LogP contribution in [-0.2, 0) is 12.8 Å². The average molecular weight is 337 g/mol. The molecule has 0 radical (unpaired) electrons. The van der Waals surface area contributed by atoms with Gasteiger partial charge in [-0.3, -0.25) is 5.32 Å². The van der Waals surface area contributed by atoms with E-state index in [-0.39, 0.29) is 17.7 Å². The second-order valence-electron chi connectivity index (χ2n) is 4.91. The molecule has 0 aromatic carbocycles. The number of nitrogens with two attached hydrogens (primary N) is 1. The number of allylic oxidation sites excluding steroid dienone is 5. The Hall–Kier alpha value is -2.64. The number of urea groups is 1. The normalized spacial score (nSPS) is 12.6. The number of carbonyl (C=O) groups excluding carboxylic acids is 1. The molecule has 4 N–H and O–H groups in total. The molecule has 0 atom stereocenters. The SMILES string of the molecule is C/C=C(F)\C=C/CCCc1nnc(C/C=C(\N)NC(=O)NCC)o1. The Morgan fingerprint density at radius 3 is 2.83 bits per heavy atom. The van der Waals surface area contributed by atoms with Crippen molar-refractivity contribution in [1.82, 2.24) is 20.8 Å². The molecule has 0 unspecified atom stereocenters. The molecule has 1 aromatic rings. The molecule has 0 aliphatic rings. The van der Waals surface area contributed by atoms with E-state index < -0.39 is 0 Å². The maximum atomic E-state index is 12.8. The summed E-state index contributed by atoms with van der Waals surface area (Å²) in [5.74, 6) is 0.909. The first-order valence-corrected chi connectivity index (χ1v) is 7.85. The predicted octanol–water partition coefficient (Wildman–Crippen LogP) is 2.48. The molecule has 0 saturated carbocycles. The van der Waals surface area contributed by atoms with Crippen LogP contribution in [0.2, 0.25) is 0 Å². The summed E-state index contributed by atoms with van der Waals surface area (Å²) in [6.07, 6.45) is 8.66. The second kappa shape index (κ2) is 11.0. The number of nitrogens with zero attached hydrogens (tertiary/aromatic N) is 2. The number of unbranched alkanes of at least 4 members (excludes halogenated alkanes) is 1. The number of amides is 2. The fraction of sp³-hybridized carbons (Fsp3) is 0.438. The van der Waals surface area contributed by atoms with Gasteiger partial charge >= 0.3 is 6.03 Å². The van der Waals surface area contributed by atoms with Gasteiger partial charge in [-0.05, 0) is 38.8 Å². The van der Waals surface area contributed by atoms with Gasteiger partial charge in [0.15, 0.2) is 0 Å². The minimum Gasteiger partial charge on any atom is -0.425 e. The number of rotatable bonds is 9. The van der Waals surface area contributed by atoms with E-state index in [0.29, 0.717) is 31.2 Å². The van der Waals surface area contributed by atoms with Crippen LogP contribution in [0.4, 0.5) is 9.18 Å². The molecule has 0 aliphatic heterocycles. The third kappa shape index (κ3) is 8.11. The van der Waals surface area contributed by atoms with Gasteiger partial charge in [0.05, 0.1) is 0 Å². The quantitative estimate of drug-likeness (QED) is 0.474. The predicted molar refractivity (Wildman–Crippen MR) is 89.4 cm³/mol. The number of hydrogen-bond acceptors (Lipinski definition) is 5. The van der Waals surface area contributed by atoms with Gasteiger partial charge in [0.25, 0.3) is 0 Å². The van der Waals surface area contributed by atoms with Crippen LogP contribution in [0, 0.1) is 0 Å². The molecule has 7 nitrogen and oxygen atoms in total. The Morgan fingerprint density at radius 1 is 1.38 bits per heavy atom. The summed E-state index contributed by atoms with van der Waals surface area (Å²) in [5.41, 5.74) is 5.67. The first kappa shape index (κ1) is 19.4. The molecule has 0 saturated heterocycles. The summed E-state index contributed by atoms with van der Waals surface area (Å²) >= 11 is 0. The molecule has 2 amide bonds. The van der Waals surface area contributed by atoms with Gasteiger partial charge in [-0.2, -0.15) is 0 Å². The van der Waals surface area contributed by atoms with Crippen LogP contribution in [0.15, 0.2) is 40.4 Å². The third-order valence-corrected chi connectivity index (χ3v) is 2.91. The molecule has 0 bridgehead atoms. The van der Waals surface area contributed by atoms with Gasteiger partial charge in [0.1, 0.15) is 11.6 Å². The van der Waals surface area contributed by atoms with E-state index in [9.17, 15) is 9.18 Å². The van der Waals surface area contributed by atoms with Gasteiger partial charge in [-0.1, -0.05) is 12.2 Å². The summed E-state index contributed by atoms with van der Waals surface area (Å²) in [5, 5.41) is 12.9. The average Bonchev–Trinajstić information content (AvgIpc) is 3.00. The summed E-state index contributed by atoms with van der Waals surface area (Å²) < 4.78 is 18.3. The van der Waals surface area contributed by atoms with E-state index >= 15 is 0 Å². The Kier molecular flexibility index (Phi) is 8.88. The van der Waals surface area contributed by atoms with Crippen LogP contribution in [0.5, 0.6) is 0 Å². The minimum atomic E-state index is -0.361. The number of hydrogen-bond donors (Lipinski definition) is 3. The van der Waals surface area contributed by atoms with E-state index in [0.717, 1.165) is 12.8 Å². The number of nitrogens with one attached hydrogen (secondary N) is 2. The van der Waals surface area contributed by atoms with Crippen molar-refractivity contribution >= 4 is 6.03 Å². The van der Waals surface area contributed by atoms with Crippen molar-refractivity contribution in [1.29, 1.82) is 0 Å².